The number of hydrogen-bond donors (Lipinski definition) is 2. The largest absolute Gasteiger partial charge is 0.322 e. The van der Waals surface area contributed by atoms with E-state index < -0.39 is 10.7 Å². The van der Waals surface area contributed by atoms with Crippen molar-refractivity contribution in [1.82, 2.24) is 5.32 Å². The predicted octanol–water partition coefficient (Wildman–Crippen LogP) is 1.67. The number of amides is 1. The smallest absolute Gasteiger partial charge is 0.272 e. The number of nitrogens with zero attached hydrogens (tertiary/aromatic N) is 1. The van der Waals surface area contributed by atoms with E-state index in [0.29, 0.717) is 0 Å². The Labute approximate surface area is 109 Å². The molecule has 6 nitrogen and oxygen atoms in total. The van der Waals surface area contributed by atoms with Crippen molar-refractivity contribution in [3.8, 4) is 0 Å². The number of nitro groups is 1. The Morgan fingerprint density at radius 1 is 1.58 bits per heavy atom. The first kappa shape index (κ1) is 13.4. The van der Waals surface area contributed by atoms with Crippen LogP contribution in [0.3, 0.4) is 0 Å². The zero-order valence-corrected chi connectivity index (χ0v) is 10.4. The minimum Gasteiger partial charge on any atom is -0.322 e. The highest BCUT2D eigenvalue weighted by molar-refractivity contribution is 5.95. The Morgan fingerprint density at radius 3 is 2.84 bits per heavy atom. The van der Waals surface area contributed by atoms with Crippen molar-refractivity contribution in [3.63, 3.8) is 0 Å². The number of hydrogen-bond acceptors (Lipinski definition) is 4. The average Bonchev–Trinajstić information content (AvgIpc) is 2.77. The van der Waals surface area contributed by atoms with Gasteiger partial charge < -0.3 is 10.6 Å². The summed E-state index contributed by atoms with van der Waals surface area (Å²) in [7, 11) is 0. The van der Waals surface area contributed by atoms with Crippen molar-refractivity contribution in [3.05, 3.63) is 34.1 Å². The number of halogens is 1. The molecule has 7 heteroatoms. The number of carbonyl (C=O) groups excluding carboxylic acids is 1. The Balaban J connectivity index is 2.11. The first-order valence-electron chi connectivity index (χ1n) is 5.97. The van der Waals surface area contributed by atoms with E-state index in [9.17, 15) is 19.3 Å². The summed E-state index contributed by atoms with van der Waals surface area (Å²) in [6, 6.07) is 2.80. The van der Waals surface area contributed by atoms with Crippen molar-refractivity contribution in [2.75, 3.05) is 11.9 Å². The molecule has 1 amide bonds. The second kappa shape index (κ2) is 5.31. The fourth-order valence-corrected chi connectivity index (χ4v) is 2.11. The minimum atomic E-state index is -0.812. The van der Waals surface area contributed by atoms with Gasteiger partial charge in [-0.3, -0.25) is 14.9 Å². The summed E-state index contributed by atoms with van der Waals surface area (Å²) >= 11 is 0. The average molecular weight is 267 g/mol. The highest BCUT2D eigenvalue weighted by Crippen LogP contribution is 2.22. The van der Waals surface area contributed by atoms with E-state index in [0.717, 1.165) is 25.1 Å². The number of rotatable bonds is 3. The predicted molar refractivity (Wildman–Crippen MR) is 67.3 cm³/mol. The molecule has 2 N–H and O–H groups in total. The van der Waals surface area contributed by atoms with E-state index in [1.165, 1.54) is 6.07 Å². The van der Waals surface area contributed by atoms with Crippen LogP contribution in [0.15, 0.2) is 18.2 Å². The summed E-state index contributed by atoms with van der Waals surface area (Å²) in [5.41, 5.74) is -0.389. The SMILES string of the molecule is CC1CCNC1C(=O)Nc1ccc([N+](=O)[O-])cc1F. The number of carbonyl (C=O) groups is 1. The first-order valence-corrected chi connectivity index (χ1v) is 5.97. The van der Waals surface area contributed by atoms with E-state index >= 15 is 0 Å². The van der Waals surface area contributed by atoms with Gasteiger partial charge in [-0.15, -0.1) is 0 Å². The second-order valence-corrected chi connectivity index (χ2v) is 4.61. The van der Waals surface area contributed by atoms with Crippen LogP contribution in [0.1, 0.15) is 13.3 Å². The molecule has 1 heterocycles. The normalized spacial score (nSPS) is 22.2. The Morgan fingerprint density at radius 2 is 2.32 bits per heavy atom. The van der Waals surface area contributed by atoms with Gasteiger partial charge in [0, 0.05) is 6.07 Å². The fraction of sp³-hybridized carbons (Fsp3) is 0.417. The molecule has 1 saturated heterocycles. The van der Waals surface area contributed by atoms with Gasteiger partial charge in [-0.1, -0.05) is 6.92 Å². The lowest BCUT2D eigenvalue weighted by atomic mass is 10.0. The molecule has 1 aromatic rings. The lowest BCUT2D eigenvalue weighted by molar-refractivity contribution is -0.385. The van der Waals surface area contributed by atoms with Crippen LogP contribution >= 0.6 is 0 Å². The fourth-order valence-electron chi connectivity index (χ4n) is 2.11. The summed E-state index contributed by atoms with van der Waals surface area (Å²) in [6.07, 6.45) is 0.890. The number of anilines is 1. The summed E-state index contributed by atoms with van der Waals surface area (Å²) in [5, 5.41) is 16.0. The van der Waals surface area contributed by atoms with Crippen LogP contribution in [0.4, 0.5) is 15.8 Å². The van der Waals surface area contributed by atoms with Crippen LogP contribution in [0.5, 0.6) is 0 Å². The third-order valence-electron chi connectivity index (χ3n) is 3.24. The van der Waals surface area contributed by atoms with Gasteiger partial charge in [0.15, 0.2) is 5.82 Å². The highest BCUT2D eigenvalue weighted by Gasteiger charge is 2.29. The highest BCUT2D eigenvalue weighted by atomic mass is 19.1. The molecule has 0 spiro atoms. The lowest BCUT2D eigenvalue weighted by Crippen LogP contribution is -2.39. The molecule has 2 rings (SSSR count). The van der Waals surface area contributed by atoms with Gasteiger partial charge in [-0.2, -0.15) is 0 Å². The molecule has 1 aliphatic rings. The third-order valence-corrected chi connectivity index (χ3v) is 3.24. The molecular weight excluding hydrogens is 253 g/mol. The number of nitrogens with one attached hydrogen (secondary N) is 2. The maximum absolute atomic E-state index is 13.6. The van der Waals surface area contributed by atoms with Gasteiger partial charge in [0.1, 0.15) is 0 Å². The molecule has 1 aliphatic heterocycles. The summed E-state index contributed by atoms with van der Waals surface area (Å²) < 4.78 is 13.6. The van der Waals surface area contributed by atoms with E-state index in [1.807, 2.05) is 6.92 Å². The van der Waals surface area contributed by atoms with Crippen LogP contribution in [-0.4, -0.2) is 23.4 Å². The quantitative estimate of drug-likeness (QED) is 0.644. The molecule has 1 aromatic carbocycles. The molecule has 0 saturated carbocycles. The van der Waals surface area contributed by atoms with Crippen molar-refractivity contribution >= 4 is 17.3 Å². The first-order chi connectivity index (χ1) is 8.99. The van der Waals surface area contributed by atoms with Crippen molar-refractivity contribution in [2.45, 2.75) is 19.4 Å². The third kappa shape index (κ3) is 2.87. The molecule has 0 aromatic heterocycles. The molecule has 102 valence electrons. The Kier molecular flexibility index (Phi) is 3.75. The molecule has 1 fully saturated rings. The van der Waals surface area contributed by atoms with E-state index in [4.69, 9.17) is 0 Å². The second-order valence-electron chi connectivity index (χ2n) is 4.61. The van der Waals surface area contributed by atoms with Crippen LogP contribution in [0, 0.1) is 21.8 Å². The van der Waals surface area contributed by atoms with Crippen LogP contribution < -0.4 is 10.6 Å². The van der Waals surface area contributed by atoms with Crippen molar-refractivity contribution < 1.29 is 14.1 Å². The lowest BCUT2D eigenvalue weighted by Gasteiger charge is -2.15. The summed E-state index contributed by atoms with van der Waals surface area (Å²) in [4.78, 5) is 21.7. The number of nitro benzene ring substituents is 1. The van der Waals surface area contributed by atoms with Crippen molar-refractivity contribution in [2.24, 2.45) is 5.92 Å². The molecule has 0 radical (unpaired) electrons. The topological polar surface area (TPSA) is 84.3 Å². The van der Waals surface area contributed by atoms with Crippen molar-refractivity contribution in [1.29, 1.82) is 0 Å². The molecule has 0 aliphatic carbocycles. The van der Waals surface area contributed by atoms with Gasteiger partial charge in [0.25, 0.3) is 5.69 Å². The summed E-state index contributed by atoms with van der Waals surface area (Å²) in [6.45, 7) is 2.69. The molecule has 2 atom stereocenters. The van der Waals surface area contributed by atoms with Gasteiger partial charge in [0.2, 0.25) is 5.91 Å². The Bertz CT molecular complexity index is 521. The summed E-state index contributed by atoms with van der Waals surface area (Å²) in [5.74, 6) is -0.952. The van der Waals surface area contributed by atoms with Gasteiger partial charge in [-0.25, -0.2) is 4.39 Å². The zero-order chi connectivity index (χ0) is 14.0. The number of non-ortho nitro benzene ring substituents is 1. The Hall–Kier alpha value is -2.02. The van der Waals surface area contributed by atoms with Crippen LogP contribution in [-0.2, 0) is 4.79 Å². The molecule has 19 heavy (non-hydrogen) atoms. The van der Waals surface area contributed by atoms with E-state index in [2.05, 4.69) is 10.6 Å². The number of benzene rings is 1. The minimum absolute atomic E-state index is 0.0449. The van der Waals surface area contributed by atoms with Gasteiger partial charge >= 0.3 is 0 Å². The van der Waals surface area contributed by atoms with Crippen LogP contribution in [0.25, 0.3) is 0 Å². The van der Waals surface area contributed by atoms with Gasteiger partial charge in [-0.05, 0) is 24.9 Å². The van der Waals surface area contributed by atoms with E-state index in [1.54, 1.807) is 0 Å². The maximum Gasteiger partial charge on any atom is 0.272 e. The molecular formula is C12H14FN3O3. The maximum atomic E-state index is 13.6. The molecule has 2 unspecified atom stereocenters. The van der Waals surface area contributed by atoms with Crippen LogP contribution in [0.2, 0.25) is 0 Å². The molecule has 0 bridgehead atoms. The zero-order valence-electron chi connectivity index (χ0n) is 10.4. The van der Waals surface area contributed by atoms with E-state index in [-0.39, 0.29) is 29.2 Å². The standard InChI is InChI=1S/C12H14FN3O3/c1-7-4-5-14-11(7)12(17)15-10-3-2-8(16(18)19)6-9(10)13/h2-3,6-7,11,14H,4-5H2,1H3,(H,15,17). The monoisotopic (exact) mass is 267 g/mol. The van der Waals surface area contributed by atoms with Gasteiger partial charge in [0.05, 0.1) is 22.7 Å².